The minimum Gasteiger partial charge on any atom is -0.483 e. The summed E-state index contributed by atoms with van der Waals surface area (Å²) in [7, 11) is 0. The fourth-order valence-electron chi connectivity index (χ4n) is 4.03. The average molecular weight is 473 g/mol. The van der Waals surface area contributed by atoms with Crippen LogP contribution in [0.1, 0.15) is 50.3 Å². The van der Waals surface area contributed by atoms with Crippen LogP contribution < -0.4 is 10.1 Å². The van der Waals surface area contributed by atoms with Crippen LogP contribution in [0, 0.1) is 0 Å². The van der Waals surface area contributed by atoms with E-state index in [2.05, 4.69) is 19.2 Å². The number of amides is 2. The fraction of sp³-hybridized carbons (Fsp3) is 0.333. The van der Waals surface area contributed by atoms with Crippen LogP contribution in [0.2, 0.25) is 0 Å². The minimum atomic E-state index is -0.670. The van der Waals surface area contributed by atoms with Gasteiger partial charge in [0, 0.05) is 19.0 Å². The summed E-state index contributed by atoms with van der Waals surface area (Å²) in [5.74, 6) is 0.564. The Bertz CT molecular complexity index is 1080. The van der Waals surface area contributed by atoms with Crippen molar-refractivity contribution < 1.29 is 14.3 Å². The molecule has 0 unspecified atom stereocenters. The van der Waals surface area contributed by atoms with Crippen molar-refractivity contribution in [3.05, 3.63) is 102 Å². The molecule has 0 heterocycles. The Hall–Kier alpha value is -3.60. The standard InChI is InChI=1S/C30H36N2O3/c1-22(2)26-17-11-12-18-28(26)35-21-29(33)32(20-25-15-9-6-10-16-25)27(30(34)31-23(3)4)19-24-13-7-5-8-14-24/h5-18,22-23,27H,19-21H2,1-4H3,(H,31,34)/t27-/m0/s1. The molecule has 0 saturated carbocycles. The first kappa shape index (κ1) is 26.0. The van der Waals surface area contributed by atoms with Gasteiger partial charge in [-0.15, -0.1) is 0 Å². The largest absolute Gasteiger partial charge is 0.483 e. The maximum absolute atomic E-state index is 13.6. The number of hydrogen-bond acceptors (Lipinski definition) is 3. The van der Waals surface area contributed by atoms with Crippen LogP contribution >= 0.6 is 0 Å². The van der Waals surface area contributed by atoms with E-state index in [-0.39, 0.29) is 30.4 Å². The van der Waals surface area contributed by atoms with Gasteiger partial charge in [0.2, 0.25) is 5.91 Å². The molecule has 0 saturated heterocycles. The van der Waals surface area contributed by atoms with E-state index in [4.69, 9.17) is 4.74 Å². The molecule has 0 spiro atoms. The predicted molar refractivity (Wildman–Crippen MR) is 140 cm³/mol. The summed E-state index contributed by atoms with van der Waals surface area (Å²) in [6, 6.07) is 26.6. The fourth-order valence-corrected chi connectivity index (χ4v) is 4.03. The molecule has 0 aliphatic heterocycles. The quantitative estimate of drug-likeness (QED) is 0.409. The lowest BCUT2D eigenvalue weighted by Gasteiger charge is -2.32. The summed E-state index contributed by atoms with van der Waals surface area (Å²) in [4.78, 5) is 28.7. The summed E-state index contributed by atoms with van der Waals surface area (Å²) in [5, 5.41) is 3.01. The van der Waals surface area contributed by atoms with Crippen LogP contribution in [0.15, 0.2) is 84.9 Å². The van der Waals surface area contributed by atoms with E-state index in [0.717, 1.165) is 16.7 Å². The van der Waals surface area contributed by atoms with Gasteiger partial charge in [-0.25, -0.2) is 0 Å². The van der Waals surface area contributed by atoms with E-state index in [1.165, 1.54) is 0 Å². The lowest BCUT2D eigenvalue weighted by atomic mass is 10.0. The second-order valence-electron chi connectivity index (χ2n) is 9.36. The molecule has 0 bridgehead atoms. The Kier molecular flexibility index (Phi) is 9.47. The maximum Gasteiger partial charge on any atom is 0.261 e. The zero-order valence-electron chi connectivity index (χ0n) is 21.1. The first-order valence-corrected chi connectivity index (χ1v) is 12.2. The zero-order chi connectivity index (χ0) is 25.2. The predicted octanol–water partition coefficient (Wildman–Crippen LogP) is 5.35. The lowest BCUT2D eigenvalue weighted by Crippen LogP contribution is -2.52. The SMILES string of the molecule is CC(C)NC(=O)[C@H](Cc1ccccc1)N(Cc1ccccc1)C(=O)COc1ccccc1C(C)C. The van der Waals surface area contributed by atoms with E-state index in [1.807, 2.05) is 98.8 Å². The second kappa shape index (κ2) is 12.7. The third-order valence-electron chi connectivity index (χ3n) is 5.79. The van der Waals surface area contributed by atoms with Gasteiger partial charge in [0.1, 0.15) is 11.8 Å². The van der Waals surface area contributed by atoms with Crippen molar-refractivity contribution in [1.82, 2.24) is 10.2 Å². The molecule has 184 valence electrons. The van der Waals surface area contributed by atoms with Crippen LogP contribution in [0.5, 0.6) is 5.75 Å². The van der Waals surface area contributed by atoms with E-state index in [9.17, 15) is 9.59 Å². The van der Waals surface area contributed by atoms with Gasteiger partial charge in [-0.2, -0.15) is 0 Å². The van der Waals surface area contributed by atoms with Gasteiger partial charge in [-0.05, 0) is 42.5 Å². The van der Waals surface area contributed by atoms with Crippen LogP contribution in [-0.2, 0) is 22.6 Å². The van der Waals surface area contributed by atoms with Gasteiger partial charge in [0.05, 0.1) is 0 Å². The molecule has 0 aliphatic rings. The number of carbonyl (C=O) groups is 2. The highest BCUT2D eigenvalue weighted by Crippen LogP contribution is 2.26. The van der Waals surface area contributed by atoms with Gasteiger partial charge in [0.25, 0.3) is 5.91 Å². The van der Waals surface area contributed by atoms with E-state index in [1.54, 1.807) is 4.90 Å². The monoisotopic (exact) mass is 472 g/mol. The Labute approximate surface area is 209 Å². The Balaban J connectivity index is 1.90. The molecule has 1 N–H and O–H groups in total. The number of ether oxygens (including phenoxy) is 1. The van der Waals surface area contributed by atoms with Gasteiger partial charge in [-0.3, -0.25) is 9.59 Å². The molecule has 1 atom stereocenters. The molecule has 5 nitrogen and oxygen atoms in total. The Morgan fingerprint density at radius 1 is 0.800 bits per heavy atom. The summed E-state index contributed by atoms with van der Waals surface area (Å²) >= 11 is 0. The van der Waals surface area contributed by atoms with Crippen LogP contribution in [0.3, 0.4) is 0 Å². The van der Waals surface area contributed by atoms with Gasteiger partial charge in [-0.1, -0.05) is 92.7 Å². The molecule has 5 heteroatoms. The summed E-state index contributed by atoms with van der Waals surface area (Å²) in [5.41, 5.74) is 3.00. The topological polar surface area (TPSA) is 58.6 Å². The molecule has 0 aliphatic carbocycles. The Morgan fingerprint density at radius 3 is 1.97 bits per heavy atom. The van der Waals surface area contributed by atoms with Crippen molar-refractivity contribution in [2.45, 2.75) is 58.7 Å². The van der Waals surface area contributed by atoms with Crippen molar-refractivity contribution in [3.8, 4) is 5.75 Å². The van der Waals surface area contributed by atoms with Crippen molar-refractivity contribution in [1.29, 1.82) is 0 Å². The van der Waals surface area contributed by atoms with Gasteiger partial charge in [0.15, 0.2) is 6.61 Å². The summed E-state index contributed by atoms with van der Waals surface area (Å²) in [6.07, 6.45) is 0.417. The highest BCUT2D eigenvalue weighted by molar-refractivity contribution is 5.88. The maximum atomic E-state index is 13.6. The molecule has 35 heavy (non-hydrogen) atoms. The molecule has 0 radical (unpaired) electrons. The number of para-hydroxylation sites is 1. The van der Waals surface area contributed by atoms with Gasteiger partial charge >= 0.3 is 0 Å². The number of carbonyl (C=O) groups excluding carboxylic acids is 2. The zero-order valence-corrected chi connectivity index (χ0v) is 21.1. The van der Waals surface area contributed by atoms with Crippen molar-refractivity contribution in [2.24, 2.45) is 0 Å². The minimum absolute atomic E-state index is 0.0383. The number of nitrogens with one attached hydrogen (secondary N) is 1. The third-order valence-corrected chi connectivity index (χ3v) is 5.79. The number of nitrogens with zero attached hydrogens (tertiary/aromatic N) is 1. The van der Waals surface area contributed by atoms with Crippen molar-refractivity contribution >= 4 is 11.8 Å². The molecular formula is C30H36N2O3. The van der Waals surface area contributed by atoms with E-state index in [0.29, 0.717) is 18.7 Å². The molecule has 2 amide bonds. The average Bonchev–Trinajstić information content (AvgIpc) is 2.85. The molecule has 3 rings (SSSR count). The number of hydrogen-bond donors (Lipinski definition) is 1. The van der Waals surface area contributed by atoms with Crippen LogP contribution in [0.25, 0.3) is 0 Å². The van der Waals surface area contributed by atoms with E-state index >= 15 is 0 Å². The Morgan fingerprint density at radius 2 is 1.37 bits per heavy atom. The molecular weight excluding hydrogens is 436 g/mol. The number of benzene rings is 3. The highest BCUT2D eigenvalue weighted by atomic mass is 16.5. The normalized spacial score (nSPS) is 11.8. The molecule has 0 aromatic heterocycles. The van der Waals surface area contributed by atoms with E-state index < -0.39 is 6.04 Å². The summed E-state index contributed by atoms with van der Waals surface area (Å²) in [6.45, 7) is 8.21. The smallest absolute Gasteiger partial charge is 0.261 e. The molecule has 0 fully saturated rings. The molecule has 3 aromatic carbocycles. The lowest BCUT2D eigenvalue weighted by molar-refractivity contribution is -0.143. The van der Waals surface area contributed by atoms with Crippen molar-refractivity contribution in [3.63, 3.8) is 0 Å². The first-order valence-electron chi connectivity index (χ1n) is 12.2. The van der Waals surface area contributed by atoms with Crippen LogP contribution in [-0.4, -0.2) is 35.4 Å². The van der Waals surface area contributed by atoms with Gasteiger partial charge < -0.3 is 15.0 Å². The second-order valence-corrected chi connectivity index (χ2v) is 9.36. The number of rotatable bonds is 11. The van der Waals surface area contributed by atoms with Crippen LogP contribution in [0.4, 0.5) is 0 Å². The highest BCUT2D eigenvalue weighted by Gasteiger charge is 2.31. The first-order chi connectivity index (χ1) is 16.8. The third kappa shape index (κ3) is 7.71. The molecule has 3 aromatic rings. The summed E-state index contributed by atoms with van der Waals surface area (Å²) < 4.78 is 6.02. The van der Waals surface area contributed by atoms with Crippen molar-refractivity contribution in [2.75, 3.05) is 6.61 Å².